The van der Waals surface area contributed by atoms with Crippen LogP contribution in [-0.4, -0.2) is 77.0 Å². The molecular formula is C33H42N4O4S. The van der Waals surface area contributed by atoms with Gasteiger partial charge in [-0.25, -0.2) is 0 Å². The summed E-state index contributed by atoms with van der Waals surface area (Å²) in [6, 6.07) is 16.2. The topological polar surface area (TPSA) is 116 Å². The molecule has 224 valence electrons. The van der Waals surface area contributed by atoms with E-state index in [4.69, 9.17) is 5.73 Å². The molecule has 0 radical (unpaired) electrons. The number of nitrogens with zero attached hydrogens (tertiary/aromatic N) is 2. The Kier molecular flexibility index (Phi) is 10.5. The summed E-state index contributed by atoms with van der Waals surface area (Å²) >= 11 is 1.51. The first-order valence-electron chi connectivity index (χ1n) is 14.5. The second-order valence-corrected chi connectivity index (χ2v) is 12.5. The van der Waals surface area contributed by atoms with E-state index in [9.17, 15) is 19.5 Å². The number of hydrogen-bond donors (Lipinski definition) is 3. The second kappa shape index (κ2) is 14.1. The average Bonchev–Trinajstić information content (AvgIpc) is 3.48. The lowest BCUT2D eigenvalue weighted by Crippen LogP contribution is -2.56. The minimum absolute atomic E-state index is 0.0775. The Hall–Kier alpha value is -3.53. The number of aliphatic hydroxyl groups is 1. The predicted octanol–water partition coefficient (Wildman–Crippen LogP) is 3.67. The molecule has 1 aliphatic rings. The minimum atomic E-state index is -0.848. The number of fused-ring (bicyclic) bond motifs is 1. The summed E-state index contributed by atoms with van der Waals surface area (Å²) in [6.07, 6.45) is 6.80. The Morgan fingerprint density at radius 1 is 1.02 bits per heavy atom. The molecule has 1 fully saturated rings. The van der Waals surface area contributed by atoms with Gasteiger partial charge in [0.2, 0.25) is 17.7 Å². The van der Waals surface area contributed by atoms with Gasteiger partial charge in [0, 0.05) is 43.9 Å². The van der Waals surface area contributed by atoms with Crippen LogP contribution >= 0.6 is 11.3 Å². The standard InChI is InChI=1S/C33H42N4O4S/c1-23(38)22-35-31(40)28(21-27-11-7-18-42-27)37(3)32(41)29(20-24-13-14-25-9-4-5-10-26(25)19-24)36(2)30(39)12-6-15-33(34)16-8-17-33/h4-7,9-14,18-19,23,28-29,38H,8,15-17,20-22,34H2,1-3H3,(H,35,40)/t23-,28-,29-/m1/s1. The van der Waals surface area contributed by atoms with Crippen LogP contribution in [0.1, 0.15) is 43.0 Å². The van der Waals surface area contributed by atoms with E-state index in [0.29, 0.717) is 12.8 Å². The van der Waals surface area contributed by atoms with Gasteiger partial charge >= 0.3 is 0 Å². The van der Waals surface area contributed by atoms with E-state index in [2.05, 4.69) is 5.32 Å². The van der Waals surface area contributed by atoms with E-state index in [0.717, 1.165) is 40.5 Å². The second-order valence-electron chi connectivity index (χ2n) is 11.5. The summed E-state index contributed by atoms with van der Waals surface area (Å²) in [6.45, 7) is 1.67. The van der Waals surface area contributed by atoms with Crippen LogP contribution in [0.4, 0.5) is 0 Å². The zero-order valence-corrected chi connectivity index (χ0v) is 25.5. The van der Waals surface area contributed by atoms with Crippen LogP contribution in [0, 0.1) is 0 Å². The van der Waals surface area contributed by atoms with Crippen LogP contribution in [0.5, 0.6) is 0 Å². The largest absolute Gasteiger partial charge is 0.392 e. The number of nitrogens with two attached hydrogens (primary N) is 1. The van der Waals surface area contributed by atoms with Gasteiger partial charge in [0.25, 0.3) is 0 Å². The highest BCUT2D eigenvalue weighted by molar-refractivity contribution is 7.09. The molecule has 3 aromatic rings. The fourth-order valence-electron chi connectivity index (χ4n) is 5.26. The van der Waals surface area contributed by atoms with Gasteiger partial charge < -0.3 is 26.0 Å². The van der Waals surface area contributed by atoms with E-state index >= 15 is 0 Å². The average molecular weight is 591 g/mol. The highest BCUT2D eigenvalue weighted by Gasteiger charge is 2.35. The van der Waals surface area contributed by atoms with Crippen molar-refractivity contribution in [3.63, 3.8) is 0 Å². The fourth-order valence-corrected chi connectivity index (χ4v) is 6.00. The van der Waals surface area contributed by atoms with E-state index in [-0.39, 0.29) is 36.2 Å². The van der Waals surface area contributed by atoms with Gasteiger partial charge in [-0.05, 0) is 66.5 Å². The van der Waals surface area contributed by atoms with Crippen molar-refractivity contribution in [2.45, 2.75) is 69.2 Å². The Morgan fingerprint density at radius 3 is 2.40 bits per heavy atom. The van der Waals surface area contributed by atoms with Gasteiger partial charge in [-0.3, -0.25) is 14.4 Å². The summed E-state index contributed by atoms with van der Waals surface area (Å²) in [5.41, 5.74) is 7.00. The van der Waals surface area contributed by atoms with Gasteiger partial charge in [0.05, 0.1) is 6.10 Å². The molecule has 1 saturated carbocycles. The number of nitrogens with one attached hydrogen (secondary N) is 1. The van der Waals surface area contributed by atoms with Gasteiger partial charge in [-0.2, -0.15) is 0 Å². The molecular weight excluding hydrogens is 548 g/mol. The molecule has 0 bridgehead atoms. The monoisotopic (exact) mass is 590 g/mol. The van der Waals surface area contributed by atoms with Crippen LogP contribution in [-0.2, 0) is 27.2 Å². The Labute approximate surface area is 252 Å². The van der Waals surface area contributed by atoms with Crippen molar-refractivity contribution >= 4 is 39.8 Å². The summed E-state index contributed by atoms with van der Waals surface area (Å²) in [5, 5.41) is 16.6. The number of hydrogen-bond acceptors (Lipinski definition) is 6. The predicted molar refractivity (Wildman–Crippen MR) is 168 cm³/mol. The number of likely N-dealkylation sites (N-methyl/N-ethyl adjacent to an activating group) is 2. The maximum Gasteiger partial charge on any atom is 0.246 e. The van der Waals surface area contributed by atoms with E-state index in [1.165, 1.54) is 27.2 Å². The molecule has 8 nitrogen and oxygen atoms in total. The lowest BCUT2D eigenvalue weighted by molar-refractivity contribution is -0.146. The van der Waals surface area contributed by atoms with Crippen LogP contribution < -0.4 is 11.1 Å². The number of carbonyl (C=O) groups is 3. The Balaban J connectivity index is 1.60. The first kappa shape index (κ1) is 31.4. The lowest BCUT2D eigenvalue weighted by atomic mass is 9.75. The third kappa shape index (κ3) is 8.06. The SMILES string of the molecule is C[C@@H](O)CNC(=O)[C@@H](Cc1cccs1)N(C)C(=O)[C@@H](Cc1ccc2ccccc2c1)N(C)C(=O)C=CCC1(N)CCC1. The quantitative estimate of drug-likeness (QED) is 0.263. The molecule has 1 heterocycles. The zero-order valence-electron chi connectivity index (χ0n) is 24.7. The van der Waals surface area contributed by atoms with Crippen molar-refractivity contribution in [3.8, 4) is 0 Å². The van der Waals surface area contributed by atoms with Gasteiger partial charge in [0.1, 0.15) is 12.1 Å². The molecule has 2 aromatic carbocycles. The molecule has 42 heavy (non-hydrogen) atoms. The fraction of sp³-hybridized carbons (Fsp3) is 0.424. The summed E-state index contributed by atoms with van der Waals surface area (Å²) in [7, 11) is 3.24. The van der Waals surface area contributed by atoms with Crippen molar-refractivity contribution in [3.05, 3.63) is 82.6 Å². The van der Waals surface area contributed by atoms with Crippen LogP contribution in [0.2, 0.25) is 0 Å². The highest BCUT2D eigenvalue weighted by Crippen LogP contribution is 2.32. The Morgan fingerprint density at radius 2 is 1.76 bits per heavy atom. The molecule has 3 atom stereocenters. The number of rotatable bonds is 13. The normalized spacial score (nSPS) is 16.4. The summed E-state index contributed by atoms with van der Waals surface area (Å²) < 4.78 is 0. The van der Waals surface area contributed by atoms with Gasteiger partial charge in [0.15, 0.2) is 0 Å². The Bertz CT molecular complexity index is 1400. The molecule has 0 aliphatic heterocycles. The van der Waals surface area contributed by atoms with Crippen LogP contribution in [0.25, 0.3) is 10.8 Å². The van der Waals surface area contributed by atoms with Crippen molar-refractivity contribution in [1.82, 2.24) is 15.1 Å². The molecule has 1 aromatic heterocycles. The highest BCUT2D eigenvalue weighted by atomic mass is 32.1. The maximum absolute atomic E-state index is 14.2. The first-order valence-corrected chi connectivity index (χ1v) is 15.4. The summed E-state index contributed by atoms with van der Waals surface area (Å²) in [4.78, 5) is 44.8. The van der Waals surface area contributed by atoms with Crippen LogP contribution in [0.15, 0.2) is 72.1 Å². The number of carbonyl (C=O) groups excluding carboxylic acids is 3. The number of amides is 3. The third-order valence-corrected chi connectivity index (χ3v) is 9.04. The van der Waals surface area contributed by atoms with E-state index < -0.39 is 18.2 Å². The molecule has 1 aliphatic carbocycles. The number of aliphatic hydroxyl groups excluding tert-OH is 1. The van der Waals surface area contributed by atoms with Gasteiger partial charge in [-0.1, -0.05) is 54.6 Å². The molecule has 0 unspecified atom stereocenters. The summed E-state index contributed by atoms with van der Waals surface area (Å²) in [5.74, 6) is -0.985. The molecule has 9 heteroatoms. The number of benzene rings is 2. The van der Waals surface area contributed by atoms with Crippen LogP contribution in [0.3, 0.4) is 0 Å². The van der Waals surface area contributed by atoms with Crippen molar-refractivity contribution in [2.24, 2.45) is 5.73 Å². The first-order chi connectivity index (χ1) is 20.1. The molecule has 4 N–H and O–H groups in total. The third-order valence-electron chi connectivity index (χ3n) is 8.14. The van der Waals surface area contributed by atoms with Crippen molar-refractivity contribution in [2.75, 3.05) is 20.6 Å². The molecule has 0 saturated heterocycles. The number of thiophene rings is 1. The molecule has 4 rings (SSSR count). The van der Waals surface area contributed by atoms with E-state index in [1.54, 1.807) is 21.0 Å². The minimum Gasteiger partial charge on any atom is -0.392 e. The maximum atomic E-state index is 14.2. The van der Waals surface area contributed by atoms with E-state index in [1.807, 2.05) is 66.1 Å². The van der Waals surface area contributed by atoms with Crippen molar-refractivity contribution in [1.29, 1.82) is 0 Å². The molecule has 0 spiro atoms. The smallest absolute Gasteiger partial charge is 0.246 e. The zero-order chi connectivity index (χ0) is 30.3. The van der Waals surface area contributed by atoms with Gasteiger partial charge in [-0.15, -0.1) is 11.3 Å². The van der Waals surface area contributed by atoms with Crippen molar-refractivity contribution < 1.29 is 19.5 Å². The molecule has 3 amide bonds. The lowest BCUT2D eigenvalue weighted by Gasteiger charge is -2.37.